The van der Waals surface area contributed by atoms with Gasteiger partial charge in [-0.15, -0.1) is 0 Å². The second-order valence-electron chi connectivity index (χ2n) is 4.79. The monoisotopic (exact) mass is 282 g/mol. The highest BCUT2D eigenvalue weighted by atomic mass is 16.4. The van der Waals surface area contributed by atoms with Crippen LogP contribution in [0.4, 0.5) is 0 Å². The first-order chi connectivity index (χ1) is 9.40. The van der Waals surface area contributed by atoms with E-state index >= 15 is 0 Å². The minimum atomic E-state index is -1.65. The molecule has 5 heteroatoms. The molecule has 1 aromatic rings. The highest BCUT2D eigenvalue weighted by Crippen LogP contribution is 2.16. The summed E-state index contributed by atoms with van der Waals surface area (Å²) in [7, 11) is 0. The van der Waals surface area contributed by atoms with Crippen molar-refractivity contribution in [2.75, 3.05) is 6.61 Å². The van der Waals surface area contributed by atoms with Crippen LogP contribution >= 0.6 is 0 Å². The minimum absolute atomic E-state index is 0.462. The van der Waals surface area contributed by atoms with Gasteiger partial charge in [0, 0.05) is 0 Å². The Morgan fingerprint density at radius 3 is 2.45 bits per heavy atom. The molecule has 0 aromatic heterocycles. The van der Waals surface area contributed by atoms with E-state index in [9.17, 15) is 20.4 Å². The molecular formula is C15H22O5. The first kappa shape index (κ1) is 16.7. The van der Waals surface area contributed by atoms with Crippen molar-refractivity contribution >= 4 is 6.08 Å². The molecule has 0 saturated carbocycles. The lowest BCUT2D eigenvalue weighted by molar-refractivity contribution is -0.0735. The van der Waals surface area contributed by atoms with Crippen molar-refractivity contribution in [2.45, 2.75) is 38.6 Å². The van der Waals surface area contributed by atoms with E-state index in [4.69, 9.17) is 5.11 Å². The second-order valence-corrected chi connectivity index (χ2v) is 4.79. The standard InChI is InChI=1S/C15H22O5/c1-3-11-6-10(5-4-9(11)2)7-12(17)14(19)15(20)13(18)8-16/h4-7,13-20H,3,8H2,1-2H3. The highest BCUT2D eigenvalue weighted by molar-refractivity contribution is 5.54. The van der Waals surface area contributed by atoms with Crippen LogP contribution in [0.5, 0.6) is 0 Å². The zero-order chi connectivity index (χ0) is 15.3. The van der Waals surface area contributed by atoms with E-state index in [1.54, 1.807) is 6.07 Å². The Bertz CT molecular complexity index is 469. The zero-order valence-corrected chi connectivity index (χ0v) is 11.7. The Hall–Kier alpha value is -1.40. The first-order valence-electron chi connectivity index (χ1n) is 6.55. The SMILES string of the molecule is CCc1cc(C=C(O)C(O)C(O)C(O)CO)ccc1C. The number of benzene rings is 1. The van der Waals surface area contributed by atoms with Crippen LogP contribution < -0.4 is 0 Å². The second kappa shape index (κ2) is 7.40. The van der Waals surface area contributed by atoms with Crippen molar-refractivity contribution in [3.05, 3.63) is 40.6 Å². The summed E-state index contributed by atoms with van der Waals surface area (Å²) in [5.74, 6) is -0.462. The molecule has 0 radical (unpaired) electrons. The van der Waals surface area contributed by atoms with Crippen molar-refractivity contribution in [3.8, 4) is 0 Å². The summed E-state index contributed by atoms with van der Waals surface area (Å²) >= 11 is 0. The van der Waals surface area contributed by atoms with Crippen LogP contribution in [0.25, 0.3) is 6.08 Å². The largest absolute Gasteiger partial charge is 0.509 e. The maximum atomic E-state index is 9.78. The molecule has 1 rings (SSSR count). The van der Waals surface area contributed by atoms with E-state index in [1.807, 2.05) is 26.0 Å². The number of aryl methyl sites for hydroxylation is 2. The molecule has 112 valence electrons. The van der Waals surface area contributed by atoms with Crippen LogP contribution in [0.2, 0.25) is 0 Å². The molecule has 0 saturated heterocycles. The van der Waals surface area contributed by atoms with Crippen LogP contribution in [0, 0.1) is 6.92 Å². The van der Waals surface area contributed by atoms with Gasteiger partial charge in [0.15, 0.2) is 0 Å². The number of hydrogen-bond donors (Lipinski definition) is 5. The third-order valence-electron chi connectivity index (χ3n) is 3.28. The molecule has 1 aromatic carbocycles. The molecule has 20 heavy (non-hydrogen) atoms. The van der Waals surface area contributed by atoms with Crippen LogP contribution in [-0.4, -0.2) is 50.5 Å². The maximum Gasteiger partial charge on any atom is 0.139 e. The van der Waals surface area contributed by atoms with Gasteiger partial charge in [-0.25, -0.2) is 0 Å². The van der Waals surface area contributed by atoms with Gasteiger partial charge < -0.3 is 25.5 Å². The molecule has 0 amide bonds. The van der Waals surface area contributed by atoms with Crippen LogP contribution in [-0.2, 0) is 6.42 Å². The number of aliphatic hydroxyl groups excluding tert-OH is 5. The predicted octanol–water partition coefficient (Wildman–Crippen LogP) is 0.531. The molecular weight excluding hydrogens is 260 g/mol. The molecule has 3 unspecified atom stereocenters. The van der Waals surface area contributed by atoms with Gasteiger partial charge in [0.25, 0.3) is 0 Å². The quantitative estimate of drug-likeness (QED) is 0.490. The Labute approximate surface area is 118 Å². The fourth-order valence-corrected chi connectivity index (χ4v) is 1.91. The molecule has 0 spiro atoms. The lowest BCUT2D eigenvalue weighted by Gasteiger charge is -2.21. The summed E-state index contributed by atoms with van der Waals surface area (Å²) in [6, 6.07) is 5.57. The number of rotatable bonds is 6. The summed E-state index contributed by atoms with van der Waals surface area (Å²) < 4.78 is 0. The van der Waals surface area contributed by atoms with E-state index < -0.39 is 30.7 Å². The van der Waals surface area contributed by atoms with E-state index in [0.29, 0.717) is 5.56 Å². The third kappa shape index (κ3) is 4.05. The van der Waals surface area contributed by atoms with Crippen molar-refractivity contribution < 1.29 is 25.5 Å². The molecule has 0 aliphatic carbocycles. The average molecular weight is 282 g/mol. The van der Waals surface area contributed by atoms with E-state index in [2.05, 4.69) is 0 Å². The van der Waals surface area contributed by atoms with Crippen molar-refractivity contribution in [1.29, 1.82) is 0 Å². The predicted molar refractivity (Wildman–Crippen MR) is 76.3 cm³/mol. The van der Waals surface area contributed by atoms with Gasteiger partial charge in [-0.2, -0.15) is 0 Å². The summed E-state index contributed by atoms with van der Waals surface area (Å²) in [5, 5.41) is 46.9. The maximum absolute atomic E-state index is 9.78. The number of aliphatic hydroxyl groups is 5. The smallest absolute Gasteiger partial charge is 0.139 e. The minimum Gasteiger partial charge on any atom is -0.509 e. The summed E-state index contributed by atoms with van der Waals surface area (Å²) in [6.45, 7) is 3.31. The average Bonchev–Trinajstić information content (AvgIpc) is 2.46. The van der Waals surface area contributed by atoms with Gasteiger partial charge >= 0.3 is 0 Å². The topological polar surface area (TPSA) is 101 Å². The molecule has 0 fully saturated rings. The first-order valence-corrected chi connectivity index (χ1v) is 6.55. The fraction of sp³-hybridized carbons (Fsp3) is 0.467. The van der Waals surface area contributed by atoms with Crippen molar-refractivity contribution in [2.24, 2.45) is 0 Å². The normalized spacial score (nSPS) is 16.8. The van der Waals surface area contributed by atoms with Gasteiger partial charge in [0.1, 0.15) is 24.1 Å². The summed E-state index contributed by atoms with van der Waals surface area (Å²) in [5.41, 5.74) is 2.95. The van der Waals surface area contributed by atoms with E-state index in [1.165, 1.54) is 6.08 Å². The molecule has 5 N–H and O–H groups in total. The molecule has 0 aliphatic heterocycles. The summed E-state index contributed by atoms with van der Waals surface area (Å²) in [6.07, 6.45) is -2.63. The van der Waals surface area contributed by atoms with Crippen LogP contribution in [0.1, 0.15) is 23.6 Å². The third-order valence-corrected chi connectivity index (χ3v) is 3.28. The zero-order valence-electron chi connectivity index (χ0n) is 11.7. The van der Waals surface area contributed by atoms with Gasteiger partial charge in [-0.1, -0.05) is 25.1 Å². The Morgan fingerprint density at radius 2 is 1.90 bits per heavy atom. The van der Waals surface area contributed by atoms with Crippen molar-refractivity contribution in [1.82, 2.24) is 0 Å². The van der Waals surface area contributed by atoms with Gasteiger partial charge in [0.2, 0.25) is 0 Å². The molecule has 0 aliphatic rings. The van der Waals surface area contributed by atoms with Gasteiger partial charge in [-0.3, -0.25) is 0 Å². The van der Waals surface area contributed by atoms with Crippen LogP contribution in [0.15, 0.2) is 24.0 Å². The lowest BCUT2D eigenvalue weighted by atomic mass is 10.0. The van der Waals surface area contributed by atoms with E-state index in [0.717, 1.165) is 17.5 Å². The number of hydrogen-bond acceptors (Lipinski definition) is 5. The highest BCUT2D eigenvalue weighted by Gasteiger charge is 2.27. The van der Waals surface area contributed by atoms with Gasteiger partial charge in [-0.05, 0) is 36.1 Å². The Kier molecular flexibility index (Phi) is 6.16. The van der Waals surface area contributed by atoms with Crippen molar-refractivity contribution in [3.63, 3.8) is 0 Å². The molecule has 0 heterocycles. The van der Waals surface area contributed by atoms with Crippen LogP contribution in [0.3, 0.4) is 0 Å². The van der Waals surface area contributed by atoms with Gasteiger partial charge in [0.05, 0.1) is 6.61 Å². The summed E-state index contributed by atoms with van der Waals surface area (Å²) in [4.78, 5) is 0. The Morgan fingerprint density at radius 1 is 1.25 bits per heavy atom. The molecule has 5 nitrogen and oxygen atoms in total. The Balaban J connectivity index is 2.93. The lowest BCUT2D eigenvalue weighted by Crippen LogP contribution is -2.40. The molecule has 3 atom stereocenters. The fourth-order valence-electron chi connectivity index (χ4n) is 1.91. The molecule has 0 bridgehead atoms. The van der Waals surface area contributed by atoms with E-state index in [-0.39, 0.29) is 0 Å².